The highest BCUT2D eigenvalue weighted by Gasteiger charge is 2.16. The second-order valence-electron chi connectivity index (χ2n) is 3.61. The van der Waals surface area contributed by atoms with E-state index in [2.05, 4.69) is 0 Å². The fourth-order valence-corrected chi connectivity index (χ4v) is 1.80. The SMILES string of the molecule is CC(CO)C(C)c1cc(Cl)ccc1Cl. The minimum Gasteiger partial charge on any atom is -0.396 e. The van der Waals surface area contributed by atoms with Crippen molar-refractivity contribution in [1.82, 2.24) is 0 Å². The van der Waals surface area contributed by atoms with Gasteiger partial charge in [-0.15, -0.1) is 0 Å². The van der Waals surface area contributed by atoms with Gasteiger partial charge in [0, 0.05) is 16.7 Å². The van der Waals surface area contributed by atoms with Crippen LogP contribution in [0.5, 0.6) is 0 Å². The number of rotatable bonds is 3. The van der Waals surface area contributed by atoms with E-state index in [0.29, 0.717) is 10.0 Å². The van der Waals surface area contributed by atoms with Crippen LogP contribution in [0, 0.1) is 5.92 Å². The van der Waals surface area contributed by atoms with Crippen LogP contribution in [-0.2, 0) is 0 Å². The Morgan fingerprint density at radius 1 is 1.29 bits per heavy atom. The van der Waals surface area contributed by atoms with Crippen molar-refractivity contribution in [3.8, 4) is 0 Å². The molecule has 0 aliphatic carbocycles. The van der Waals surface area contributed by atoms with Gasteiger partial charge >= 0.3 is 0 Å². The van der Waals surface area contributed by atoms with Crippen LogP contribution < -0.4 is 0 Å². The van der Waals surface area contributed by atoms with Gasteiger partial charge in [0.2, 0.25) is 0 Å². The summed E-state index contributed by atoms with van der Waals surface area (Å²) < 4.78 is 0. The predicted octanol–water partition coefficient (Wildman–Crippen LogP) is 3.73. The van der Waals surface area contributed by atoms with Crippen LogP contribution in [0.25, 0.3) is 0 Å². The Hall–Kier alpha value is -0.240. The Kier molecular flexibility index (Phi) is 4.24. The Balaban J connectivity index is 2.99. The fourth-order valence-electron chi connectivity index (χ4n) is 1.33. The summed E-state index contributed by atoms with van der Waals surface area (Å²) in [4.78, 5) is 0. The Bertz CT molecular complexity index is 312. The minimum absolute atomic E-state index is 0.157. The van der Waals surface area contributed by atoms with E-state index in [-0.39, 0.29) is 18.4 Å². The molecule has 0 bridgehead atoms. The lowest BCUT2D eigenvalue weighted by atomic mass is 9.89. The molecule has 0 saturated carbocycles. The van der Waals surface area contributed by atoms with E-state index in [1.54, 1.807) is 12.1 Å². The number of benzene rings is 1. The van der Waals surface area contributed by atoms with Gasteiger partial charge in [-0.2, -0.15) is 0 Å². The summed E-state index contributed by atoms with van der Waals surface area (Å²) in [5.41, 5.74) is 1.00. The molecule has 0 amide bonds. The van der Waals surface area contributed by atoms with Gasteiger partial charge in [-0.05, 0) is 35.6 Å². The van der Waals surface area contributed by atoms with Gasteiger partial charge in [-0.1, -0.05) is 37.0 Å². The van der Waals surface area contributed by atoms with Crippen molar-refractivity contribution < 1.29 is 5.11 Å². The third-order valence-corrected chi connectivity index (χ3v) is 3.17. The molecule has 0 aliphatic heterocycles. The highest BCUT2D eigenvalue weighted by atomic mass is 35.5. The maximum absolute atomic E-state index is 9.05. The van der Waals surface area contributed by atoms with Gasteiger partial charge in [0.25, 0.3) is 0 Å². The zero-order chi connectivity index (χ0) is 10.7. The van der Waals surface area contributed by atoms with Gasteiger partial charge in [0.05, 0.1) is 0 Å². The molecule has 1 aromatic rings. The van der Waals surface area contributed by atoms with E-state index in [1.807, 2.05) is 19.9 Å². The van der Waals surface area contributed by atoms with Crippen LogP contribution >= 0.6 is 23.2 Å². The van der Waals surface area contributed by atoms with Crippen LogP contribution in [0.4, 0.5) is 0 Å². The lowest BCUT2D eigenvalue weighted by Gasteiger charge is -2.19. The summed E-state index contributed by atoms with van der Waals surface area (Å²) in [6.07, 6.45) is 0. The molecule has 2 unspecified atom stereocenters. The predicted molar refractivity (Wildman–Crippen MR) is 61.1 cm³/mol. The number of aliphatic hydroxyl groups is 1. The summed E-state index contributed by atoms with van der Waals surface area (Å²) >= 11 is 11.9. The monoisotopic (exact) mass is 232 g/mol. The van der Waals surface area contributed by atoms with Gasteiger partial charge in [-0.3, -0.25) is 0 Å². The zero-order valence-corrected chi connectivity index (χ0v) is 9.81. The van der Waals surface area contributed by atoms with Crippen molar-refractivity contribution >= 4 is 23.2 Å². The van der Waals surface area contributed by atoms with E-state index in [1.165, 1.54) is 0 Å². The molecule has 0 radical (unpaired) electrons. The molecular weight excluding hydrogens is 219 g/mol. The molecule has 3 heteroatoms. The van der Waals surface area contributed by atoms with E-state index >= 15 is 0 Å². The molecule has 0 aliphatic rings. The molecule has 1 rings (SSSR count). The first-order valence-corrected chi connectivity index (χ1v) is 5.37. The standard InChI is InChI=1S/C11H14Cl2O/c1-7(6-14)8(2)10-5-9(12)3-4-11(10)13/h3-5,7-8,14H,6H2,1-2H3. The molecule has 1 nitrogen and oxygen atoms in total. The molecule has 0 spiro atoms. The van der Waals surface area contributed by atoms with Crippen LogP contribution in [0.2, 0.25) is 10.0 Å². The largest absolute Gasteiger partial charge is 0.396 e. The lowest BCUT2D eigenvalue weighted by Crippen LogP contribution is -2.10. The minimum atomic E-state index is 0.157. The van der Waals surface area contributed by atoms with E-state index in [9.17, 15) is 0 Å². The quantitative estimate of drug-likeness (QED) is 0.843. The average Bonchev–Trinajstić information content (AvgIpc) is 2.19. The number of hydrogen-bond acceptors (Lipinski definition) is 1. The summed E-state index contributed by atoms with van der Waals surface area (Å²) in [6.45, 7) is 4.18. The maximum Gasteiger partial charge on any atom is 0.0462 e. The molecular formula is C11H14Cl2O. The average molecular weight is 233 g/mol. The molecule has 14 heavy (non-hydrogen) atoms. The van der Waals surface area contributed by atoms with Crippen LogP contribution in [-0.4, -0.2) is 11.7 Å². The lowest BCUT2D eigenvalue weighted by molar-refractivity contribution is 0.220. The normalized spacial score (nSPS) is 15.2. The molecule has 1 aromatic carbocycles. The first-order valence-electron chi connectivity index (χ1n) is 4.62. The van der Waals surface area contributed by atoms with E-state index < -0.39 is 0 Å². The van der Waals surface area contributed by atoms with E-state index in [4.69, 9.17) is 28.3 Å². The molecule has 1 N–H and O–H groups in total. The first-order chi connectivity index (χ1) is 6.56. The van der Waals surface area contributed by atoms with Crippen molar-refractivity contribution in [2.24, 2.45) is 5.92 Å². The second-order valence-corrected chi connectivity index (χ2v) is 4.46. The highest BCUT2D eigenvalue weighted by molar-refractivity contribution is 6.33. The molecule has 78 valence electrons. The van der Waals surface area contributed by atoms with Crippen molar-refractivity contribution in [2.45, 2.75) is 19.8 Å². The van der Waals surface area contributed by atoms with Crippen molar-refractivity contribution in [2.75, 3.05) is 6.61 Å². The summed E-state index contributed by atoms with van der Waals surface area (Å²) in [5, 5.41) is 10.4. The van der Waals surface area contributed by atoms with Crippen LogP contribution in [0.3, 0.4) is 0 Å². The molecule has 2 atom stereocenters. The Morgan fingerprint density at radius 3 is 2.50 bits per heavy atom. The molecule has 0 saturated heterocycles. The van der Waals surface area contributed by atoms with E-state index in [0.717, 1.165) is 5.56 Å². The first kappa shape index (κ1) is 11.8. The smallest absolute Gasteiger partial charge is 0.0462 e. The summed E-state index contributed by atoms with van der Waals surface area (Å²) in [6, 6.07) is 5.42. The van der Waals surface area contributed by atoms with Gasteiger partial charge in [0.15, 0.2) is 0 Å². The van der Waals surface area contributed by atoms with Crippen molar-refractivity contribution in [3.05, 3.63) is 33.8 Å². The number of hydrogen-bond donors (Lipinski definition) is 1. The topological polar surface area (TPSA) is 20.2 Å². The number of aliphatic hydroxyl groups excluding tert-OH is 1. The molecule has 0 aromatic heterocycles. The van der Waals surface area contributed by atoms with Crippen LogP contribution in [0.15, 0.2) is 18.2 Å². The Morgan fingerprint density at radius 2 is 1.93 bits per heavy atom. The summed E-state index contributed by atoms with van der Waals surface area (Å²) in [7, 11) is 0. The molecule has 0 heterocycles. The zero-order valence-electron chi connectivity index (χ0n) is 8.30. The number of halogens is 2. The highest BCUT2D eigenvalue weighted by Crippen LogP contribution is 2.31. The van der Waals surface area contributed by atoms with Gasteiger partial charge in [-0.25, -0.2) is 0 Å². The second kappa shape index (κ2) is 5.01. The molecule has 0 fully saturated rings. The van der Waals surface area contributed by atoms with Gasteiger partial charge in [0.1, 0.15) is 0 Å². The Labute approximate surface area is 94.7 Å². The van der Waals surface area contributed by atoms with Crippen LogP contribution in [0.1, 0.15) is 25.3 Å². The maximum atomic E-state index is 9.05. The fraction of sp³-hybridized carbons (Fsp3) is 0.455. The van der Waals surface area contributed by atoms with Gasteiger partial charge < -0.3 is 5.11 Å². The third-order valence-electron chi connectivity index (χ3n) is 2.59. The van der Waals surface area contributed by atoms with Crippen molar-refractivity contribution in [1.29, 1.82) is 0 Å². The van der Waals surface area contributed by atoms with Crippen molar-refractivity contribution in [3.63, 3.8) is 0 Å². The third kappa shape index (κ3) is 2.63. The summed E-state index contributed by atoms with van der Waals surface area (Å²) in [5.74, 6) is 0.400.